The van der Waals surface area contributed by atoms with E-state index in [0.717, 1.165) is 11.3 Å². The molecular weight excluding hydrogens is 328 g/mol. The first-order chi connectivity index (χ1) is 11.3. The molecule has 0 amide bonds. The summed E-state index contributed by atoms with van der Waals surface area (Å²) in [6, 6.07) is 12.0. The van der Waals surface area contributed by atoms with Crippen LogP contribution in [-0.2, 0) is 16.6 Å². The maximum Gasteiger partial charge on any atom is 0.238 e. The Morgan fingerprint density at radius 2 is 1.75 bits per heavy atom. The largest absolute Gasteiger partial charge is 0.493 e. The first-order valence-corrected chi connectivity index (χ1v) is 9.04. The van der Waals surface area contributed by atoms with E-state index in [9.17, 15) is 8.42 Å². The second kappa shape index (κ2) is 7.55. The SMILES string of the molecule is COc1cc(CNc2ccc(S(N)(=O)=O)cc2)ccc1OC(C)C. The Bertz CT molecular complexity index is 787. The van der Waals surface area contributed by atoms with Crippen LogP contribution >= 0.6 is 0 Å². The standard InChI is InChI=1S/C17H22N2O4S/c1-12(2)23-16-9-4-13(10-17(16)22-3)11-19-14-5-7-15(8-6-14)24(18,20)21/h4-10,12,19H,11H2,1-3H3,(H2,18,20,21). The number of sulfonamides is 1. The van der Waals surface area contributed by atoms with Gasteiger partial charge in [-0.05, 0) is 55.8 Å². The molecule has 0 aliphatic rings. The Kier molecular flexibility index (Phi) is 5.69. The number of primary sulfonamides is 1. The molecule has 2 rings (SSSR count). The van der Waals surface area contributed by atoms with E-state index in [1.54, 1.807) is 19.2 Å². The highest BCUT2D eigenvalue weighted by molar-refractivity contribution is 7.89. The Labute approximate surface area is 142 Å². The van der Waals surface area contributed by atoms with Crippen molar-refractivity contribution < 1.29 is 17.9 Å². The fourth-order valence-electron chi connectivity index (χ4n) is 2.14. The van der Waals surface area contributed by atoms with Gasteiger partial charge in [0.2, 0.25) is 10.0 Å². The first kappa shape index (κ1) is 18.1. The van der Waals surface area contributed by atoms with E-state index in [-0.39, 0.29) is 11.0 Å². The molecule has 0 aromatic heterocycles. The van der Waals surface area contributed by atoms with Gasteiger partial charge in [-0.1, -0.05) is 6.07 Å². The lowest BCUT2D eigenvalue weighted by Crippen LogP contribution is -2.12. The summed E-state index contributed by atoms with van der Waals surface area (Å²) in [6.45, 7) is 4.48. The normalized spacial score (nSPS) is 11.4. The van der Waals surface area contributed by atoms with Gasteiger partial charge in [-0.25, -0.2) is 13.6 Å². The van der Waals surface area contributed by atoms with Crippen molar-refractivity contribution >= 4 is 15.7 Å². The van der Waals surface area contributed by atoms with Crippen LogP contribution in [0.15, 0.2) is 47.4 Å². The van der Waals surface area contributed by atoms with Crippen LogP contribution in [0.4, 0.5) is 5.69 Å². The molecule has 0 saturated carbocycles. The number of hydrogen-bond acceptors (Lipinski definition) is 5. The molecule has 7 heteroatoms. The molecule has 0 radical (unpaired) electrons. The topological polar surface area (TPSA) is 90.6 Å². The van der Waals surface area contributed by atoms with E-state index in [4.69, 9.17) is 14.6 Å². The predicted molar refractivity (Wildman–Crippen MR) is 93.9 cm³/mol. The molecule has 0 heterocycles. The molecule has 24 heavy (non-hydrogen) atoms. The fourth-order valence-corrected chi connectivity index (χ4v) is 2.66. The van der Waals surface area contributed by atoms with Crippen molar-refractivity contribution in [3.8, 4) is 11.5 Å². The molecule has 0 saturated heterocycles. The zero-order valence-corrected chi connectivity index (χ0v) is 14.8. The Balaban J connectivity index is 2.06. The smallest absolute Gasteiger partial charge is 0.238 e. The highest BCUT2D eigenvalue weighted by Crippen LogP contribution is 2.29. The van der Waals surface area contributed by atoms with E-state index in [2.05, 4.69) is 5.32 Å². The van der Waals surface area contributed by atoms with Crippen LogP contribution < -0.4 is 19.9 Å². The number of benzene rings is 2. The maximum absolute atomic E-state index is 11.2. The number of rotatable bonds is 7. The first-order valence-electron chi connectivity index (χ1n) is 7.50. The number of methoxy groups -OCH3 is 1. The molecule has 3 N–H and O–H groups in total. The van der Waals surface area contributed by atoms with Gasteiger partial charge in [0.1, 0.15) is 0 Å². The summed E-state index contributed by atoms with van der Waals surface area (Å²) < 4.78 is 33.5. The molecule has 0 aliphatic heterocycles. The molecule has 2 aromatic carbocycles. The van der Waals surface area contributed by atoms with Crippen LogP contribution in [0.2, 0.25) is 0 Å². The molecule has 0 atom stereocenters. The molecule has 130 valence electrons. The molecule has 0 fully saturated rings. The molecule has 0 aliphatic carbocycles. The molecule has 0 bridgehead atoms. The van der Waals surface area contributed by atoms with Gasteiger partial charge in [-0.2, -0.15) is 0 Å². The Morgan fingerprint density at radius 3 is 2.29 bits per heavy atom. The van der Waals surface area contributed by atoms with Crippen molar-refractivity contribution in [2.45, 2.75) is 31.4 Å². The lowest BCUT2D eigenvalue weighted by atomic mass is 10.2. The van der Waals surface area contributed by atoms with E-state index < -0.39 is 10.0 Å². The third-order valence-corrected chi connectivity index (χ3v) is 4.20. The monoisotopic (exact) mass is 350 g/mol. The number of nitrogens with one attached hydrogen (secondary N) is 1. The molecule has 0 spiro atoms. The Morgan fingerprint density at radius 1 is 1.08 bits per heavy atom. The second-order valence-electron chi connectivity index (χ2n) is 5.57. The highest BCUT2D eigenvalue weighted by atomic mass is 32.2. The average Bonchev–Trinajstić information content (AvgIpc) is 2.53. The molecule has 2 aromatic rings. The summed E-state index contributed by atoms with van der Waals surface area (Å²) in [7, 11) is -2.07. The van der Waals surface area contributed by atoms with Gasteiger partial charge in [0.05, 0.1) is 18.1 Å². The van der Waals surface area contributed by atoms with Gasteiger partial charge in [-0.15, -0.1) is 0 Å². The average molecular weight is 350 g/mol. The van der Waals surface area contributed by atoms with Gasteiger partial charge in [0.15, 0.2) is 11.5 Å². The van der Waals surface area contributed by atoms with Crippen molar-refractivity contribution in [3.05, 3.63) is 48.0 Å². The minimum Gasteiger partial charge on any atom is -0.493 e. The van der Waals surface area contributed by atoms with E-state index in [0.29, 0.717) is 18.0 Å². The van der Waals surface area contributed by atoms with Gasteiger partial charge < -0.3 is 14.8 Å². The second-order valence-corrected chi connectivity index (χ2v) is 7.14. The summed E-state index contributed by atoms with van der Waals surface area (Å²) >= 11 is 0. The van der Waals surface area contributed by atoms with E-state index >= 15 is 0 Å². The molecule has 0 unspecified atom stereocenters. The Hall–Kier alpha value is -2.25. The quantitative estimate of drug-likeness (QED) is 0.801. The van der Waals surface area contributed by atoms with Crippen molar-refractivity contribution in [1.82, 2.24) is 0 Å². The summed E-state index contributed by atoms with van der Waals surface area (Å²) in [6.07, 6.45) is 0.0696. The van der Waals surface area contributed by atoms with Crippen molar-refractivity contribution in [2.75, 3.05) is 12.4 Å². The lowest BCUT2D eigenvalue weighted by Gasteiger charge is -2.15. The fraction of sp³-hybridized carbons (Fsp3) is 0.294. The third kappa shape index (κ3) is 4.87. The van der Waals surface area contributed by atoms with Gasteiger partial charge >= 0.3 is 0 Å². The van der Waals surface area contributed by atoms with E-state index in [1.807, 2.05) is 32.0 Å². The summed E-state index contributed by atoms with van der Waals surface area (Å²) in [5.41, 5.74) is 1.81. The van der Waals surface area contributed by atoms with Gasteiger partial charge in [-0.3, -0.25) is 0 Å². The van der Waals surface area contributed by atoms with Crippen LogP contribution in [0.3, 0.4) is 0 Å². The predicted octanol–water partition coefficient (Wildman–Crippen LogP) is 2.74. The van der Waals surface area contributed by atoms with Crippen LogP contribution in [0, 0.1) is 0 Å². The van der Waals surface area contributed by atoms with Crippen molar-refractivity contribution in [1.29, 1.82) is 0 Å². The van der Waals surface area contributed by atoms with Crippen molar-refractivity contribution in [2.24, 2.45) is 5.14 Å². The third-order valence-electron chi connectivity index (χ3n) is 3.27. The van der Waals surface area contributed by atoms with Crippen LogP contribution in [0.25, 0.3) is 0 Å². The summed E-state index contributed by atoms with van der Waals surface area (Å²) in [4.78, 5) is 0.0879. The number of nitrogens with two attached hydrogens (primary N) is 1. The molecule has 6 nitrogen and oxygen atoms in total. The van der Waals surface area contributed by atoms with Crippen LogP contribution in [0.5, 0.6) is 11.5 Å². The minimum absolute atomic E-state index is 0.0696. The summed E-state index contributed by atoms with van der Waals surface area (Å²) in [5, 5.41) is 8.30. The number of anilines is 1. The van der Waals surface area contributed by atoms with Crippen LogP contribution in [-0.4, -0.2) is 21.6 Å². The highest BCUT2D eigenvalue weighted by Gasteiger charge is 2.09. The zero-order valence-electron chi connectivity index (χ0n) is 13.9. The minimum atomic E-state index is -3.67. The van der Waals surface area contributed by atoms with Gasteiger partial charge in [0.25, 0.3) is 0 Å². The lowest BCUT2D eigenvalue weighted by molar-refractivity contribution is 0.230. The van der Waals surface area contributed by atoms with E-state index in [1.165, 1.54) is 12.1 Å². The maximum atomic E-state index is 11.2. The summed E-state index contributed by atoms with van der Waals surface area (Å²) in [5.74, 6) is 1.38. The van der Waals surface area contributed by atoms with Crippen molar-refractivity contribution in [3.63, 3.8) is 0 Å². The van der Waals surface area contributed by atoms with Crippen LogP contribution in [0.1, 0.15) is 19.4 Å². The number of hydrogen-bond donors (Lipinski definition) is 2. The molecular formula is C17H22N2O4S. The van der Waals surface area contributed by atoms with Gasteiger partial charge in [0, 0.05) is 12.2 Å². The zero-order chi connectivity index (χ0) is 17.7. The number of ether oxygens (including phenoxy) is 2.